The molecule has 0 aliphatic heterocycles. The van der Waals surface area contributed by atoms with Crippen molar-refractivity contribution in [2.75, 3.05) is 13.7 Å². The summed E-state index contributed by atoms with van der Waals surface area (Å²) in [6.45, 7) is 1.21. The molecule has 3 aromatic rings. The van der Waals surface area contributed by atoms with Crippen LogP contribution < -0.4 is 0 Å². The molecule has 1 fully saturated rings. The number of amides is 1. The van der Waals surface area contributed by atoms with Gasteiger partial charge in [-0.15, -0.1) is 0 Å². The minimum atomic E-state index is -1.18. The van der Waals surface area contributed by atoms with Crippen LogP contribution in [0.15, 0.2) is 53.1 Å². The van der Waals surface area contributed by atoms with E-state index in [0.717, 1.165) is 12.8 Å². The summed E-state index contributed by atoms with van der Waals surface area (Å²) in [6, 6.07) is 13.5. The highest BCUT2D eigenvalue weighted by molar-refractivity contribution is 6.31. The van der Waals surface area contributed by atoms with E-state index in [0.29, 0.717) is 40.7 Å². The summed E-state index contributed by atoms with van der Waals surface area (Å²) in [5, 5.41) is 4.16. The SMILES string of the molecule is Cc1noc(-c2ccc(C(=O)OCC(=O)N(C)C3(c4ccccc4Cl)CCCCC3=O)cc2)n1. The monoisotopic (exact) mass is 481 g/mol. The fourth-order valence-corrected chi connectivity index (χ4v) is 4.61. The van der Waals surface area contributed by atoms with Gasteiger partial charge in [-0.25, -0.2) is 4.79 Å². The molecule has 176 valence electrons. The number of ketones is 1. The second kappa shape index (κ2) is 9.77. The minimum Gasteiger partial charge on any atom is -0.452 e. The fourth-order valence-electron chi connectivity index (χ4n) is 4.31. The van der Waals surface area contributed by atoms with Crippen LogP contribution in [0.2, 0.25) is 5.02 Å². The average molecular weight is 482 g/mol. The molecule has 0 bridgehead atoms. The van der Waals surface area contributed by atoms with Gasteiger partial charge in [0.2, 0.25) is 0 Å². The molecular formula is C25H24ClN3O5. The number of Topliss-reactive ketones (excluding diaryl/α,β-unsaturated/α-hetero) is 1. The van der Waals surface area contributed by atoms with Crippen molar-refractivity contribution in [1.29, 1.82) is 0 Å². The quantitative estimate of drug-likeness (QED) is 0.482. The van der Waals surface area contributed by atoms with E-state index in [2.05, 4.69) is 10.1 Å². The summed E-state index contributed by atoms with van der Waals surface area (Å²) in [6.07, 6.45) is 2.36. The number of aryl methyl sites for hydroxylation is 1. The molecule has 1 heterocycles. The van der Waals surface area contributed by atoms with Crippen LogP contribution in [0.1, 0.15) is 47.4 Å². The molecule has 8 nitrogen and oxygen atoms in total. The number of halogens is 1. The third-order valence-corrected chi connectivity index (χ3v) is 6.47. The standard InChI is InChI=1S/C25H24ClN3O5/c1-16-27-23(34-28-16)17-10-12-18(13-11-17)24(32)33-15-22(31)29(2)25(14-6-5-9-21(25)30)19-7-3-4-8-20(19)26/h3-4,7-8,10-13H,5-6,9,14-15H2,1-2H3. The summed E-state index contributed by atoms with van der Waals surface area (Å²) >= 11 is 6.44. The maximum absolute atomic E-state index is 13.1. The third kappa shape index (κ3) is 4.46. The molecule has 34 heavy (non-hydrogen) atoms. The molecule has 1 aliphatic rings. The first-order chi connectivity index (χ1) is 16.3. The Balaban J connectivity index is 1.47. The first kappa shape index (κ1) is 23.6. The number of carbonyl (C=O) groups is 3. The Hall–Kier alpha value is -3.52. The number of ether oxygens (including phenoxy) is 1. The molecule has 2 aromatic carbocycles. The minimum absolute atomic E-state index is 0.0686. The van der Waals surface area contributed by atoms with E-state index >= 15 is 0 Å². The second-order valence-corrected chi connectivity index (χ2v) is 8.63. The van der Waals surface area contributed by atoms with Gasteiger partial charge in [-0.2, -0.15) is 4.98 Å². The number of rotatable bonds is 6. The van der Waals surface area contributed by atoms with Crippen LogP contribution in [0.25, 0.3) is 11.5 Å². The van der Waals surface area contributed by atoms with Gasteiger partial charge in [0, 0.05) is 29.6 Å². The van der Waals surface area contributed by atoms with Crippen molar-refractivity contribution < 1.29 is 23.6 Å². The highest BCUT2D eigenvalue weighted by Gasteiger charge is 2.48. The molecule has 1 amide bonds. The molecule has 1 saturated carbocycles. The Labute approximate surface area is 201 Å². The molecule has 1 atom stereocenters. The fraction of sp³-hybridized carbons (Fsp3) is 0.320. The molecule has 1 aromatic heterocycles. The highest BCUT2D eigenvalue weighted by Crippen LogP contribution is 2.42. The zero-order chi connectivity index (χ0) is 24.3. The number of carbonyl (C=O) groups excluding carboxylic acids is 3. The van der Waals surface area contributed by atoms with Gasteiger partial charge in [0.15, 0.2) is 18.2 Å². The number of hydrogen-bond donors (Lipinski definition) is 0. The number of benzene rings is 2. The molecule has 1 aliphatic carbocycles. The Kier molecular flexibility index (Phi) is 6.79. The van der Waals surface area contributed by atoms with Crippen molar-refractivity contribution in [2.24, 2.45) is 0 Å². The third-order valence-electron chi connectivity index (χ3n) is 6.14. The average Bonchev–Trinajstić information content (AvgIpc) is 3.29. The van der Waals surface area contributed by atoms with Crippen molar-refractivity contribution in [3.63, 3.8) is 0 Å². The van der Waals surface area contributed by atoms with Crippen molar-refractivity contribution in [3.8, 4) is 11.5 Å². The van der Waals surface area contributed by atoms with E-state index in [4.69, 9.17) is 20.9 Å². The van der Waals surface area contributed by atoms with Gasteiger partial charge in [-0.3, -0.25) is 9.59 Å². The van der Waals surface area contributed by atoms with E-state index in [1.54, 1.807) is 62.5 Å². The van der Waals surface area contributed by atoms with Gasteiger partial charge in [0.05, 0.1) is 5.56 Å². The van der Waals surface area contributed by atoms with Gasteiger partial charge in [-0.1, -0.05) is 35.0 Å². The van der Waals surface area contributed by atoms with Crippen molar-refractivity contribution >= 4 is 29.3 Å². The maximum Gasteiger partial charge on any atom is 0.338 e. The summed E-state index contributed by atoms with van der Waals surface area (Å²) < 4.78 is 10.4. The van der Waals surface area contributed by atoms with E-state index < -0.39 is 24.0 Å². The summed E-state index contributed by atoms with van der Waals surface area (Å²) in [5.41, 5.74) is 0.343. The zero-order valence-corrected chi connectivity index (χ0v) is 19.7. The Bertz CT molecular complexity index is 1220. The molecule has 0 radical (unpaired) electrons. The van der Waals surface area contributed by atoms with Gasteiger partial charge >= 0.3 is 5.97 Å². The van der Waals surface area contributed by atoms with Crippen LogP contribution in [-0.4, -0.2) is 46.4 Å². The smallest absolute Gasteiger partial charge is 0.338 e. The molecule has 0 saturated heterocycles. The summed E-state index contributed by atoms with van der Waals surface area (Å²) in [7, 11) is 1.56. The van der Waals surface area contributed by atoms with E-state index in [1.165, 1.54) is 4.90 Å². The first-order valence-corrected chi connectivity index (χ1v) is 11.3. The Morgan fingerprint density at radius 3 is 2.53 bits per heavy atom. The number of nitrogens with zero attached hydrogens (tertiary/aromatic N) is 3. The lowest BCUT2D eigenvalue weighted by atomic mass is 9.74. The lowest BCUT2D eigenvalue weighted by Crippen LogP contribution is -2.55. The first-order valence-electron chi connectivity index (χ1n) is 11.0. The van der Waals surface area contributed by atoms with Crippen LogP contribution in [-0.2, 0) is 19.9 Å². The molecule has 1 unspecified atom stereocenters. The van der Waals surface area contributed by atoms with Gasteiger partial charge < -0.3 is 14.2 Å². The maximum atomic E-state index is 13.1. The Morgan fingerprint density at radius 1 is 1.15 bits per heavy atom. The molecule has 9 heteroatoms. The highest BCUT2D eigenvalue weighted by atomic mass is 35.5. The van der Waals surface area contributed by atoms with Crippen molar-refractivity contribution in [1.82, 2.24) is 15.0 Å². The lowest BCUT2D eigenvalue weighted by Gasteiger charge is -2.43. The van der Waals surface area contributed by atoms with Crippen LogP contribution in [0.3, 0.4) is 0 Å². The van der Waals surface area contributed by atoms with Crippen LogP contribution in [0.4, 0.5) is 0 Å². The summed E-state index contributed by atoms with van der Waals surface area (Å²) in [5.74, 6) is -0.359. The van der Waals surface area contributed by atoms with E-state index in [9.17, 15) is 14.4 Å². The van der Waals surface area contributed by atoms with E-state index in [1.807, 2.05) is 0 Å². The normalized spacial score (nSPS) is 17.9. The summed E-state index contributed by atoms with van der Waals surface area (Å²) in [4.78, 5) is 44.3. The van der Waals surface area contributed by atoms with Crippen LogP contribution in [0.5, 0.6) is 0 Å². The number of likely N-dealkylation sites (N-methyl/N-ethyl adjacent to an activating group) is 1. The van der Waals surface area contributed by atoms with Crippen LogP contribution >= 0.6 is 11.6 Å². The van der Waals surface area contributed by atoms with Crippen molar-refractivity contribution in [2.45, 2.75) is 38.1 Å². The van der Waals surface area contributed by atoms with Crippen LogP contribution in [0, 0.1) is 6.92 Å². The molecule has 4 rings (SSSR count). The second-order valence-electron chi connectivity index (χ2n) is 8.22. The Morgan fingerprint density at radius 2 is 1.88 bits per heavy atom. The zero-order valence-electron chi connectivity index (χ0n) is 18.9. The largest absolute Gasteiger partial charge is 0.452 e. The number of hydrogen-bond acceptors (Lipinski definition) is 7. The predicted octanol–water partition coefficient (Wildman–Crippen LogP) is 4.35. The van der Waals surface area contributed by atoms with E-state index in [-0.39, 0.29) is 11.3 Å². The van der Waals surface area contributed by atoms with Gasteiger partial charge in [0.1, 0.15) is 5.54 Å². The molecule has 0 spiro atoms. The molecule has 0 N–H and O–H groups in total. The number of esters is 1. The number of aromatic nitrogens is 2. The molecular weight excluding hydrogens is 458 g/mol. The lowest BCUT2D eigenvalue weighted by molar-refractivity contribution is -0.150. The van der Waals surface area contributed by atoms with Gasteiger partial charge in [0.25, 0.3) is 11.8 Å². The van der Waals surface area contributed by atoms with Crippen molar-refractivity contribution in [3.05, 3.63) is 70.5 Å². The predicted molar refractivity (Wildman–Crippen MR) is 124 cm³/mol. The topological polar surface area (TPSA) is 103 Å². The van der Waals surface area contributed by atoms with Gasteiger partial charge in [-0.05, 0) is 56.5 Å².